The number of carbonyl (C=O) groups excluding carboxylic acids is 1. The summed E-state index contributed by atoms with van der Waals surface area (Å²) < 4.78 is 10.8. The van der Waals surface area contributed by atoms with Crippen LogP contribution in [0.4, 0.5) is 0 Å². The molecule has 1 atom stereocenters. The number of hydrogen-bond acceptors (Lipinski definition) is 5. The van der Waals surface area contributed by atoms with Gasteiger partial charge in [-0.3, -0.25) is 9.59 Å². The summed E-state index contributed by atoms with van der Waals surface area (Å²) in [6.07, 6.45) is 3.31. The van der Waals surface area contributed by atoms with Crippen LogP contribution in [0.25, 0.3) is 6.08 Å². The Labute approximate surface area is 171 Å². The molecular formula is C23H29NO5. The number of aliphatic hydroxyl groups is 1. The van der Waals surface area contributed by atoms with Crippen LogP contribution in [-0.4, -0.2) is 24.7 Å². The van der Waals surface area contributed by atoms with Crippen molar-refractivity contribution in [2.45, 2.75) is 46.1 Å². The summed E-state index contributed by atoms with van der Waals surface area (Å²) in [6.45, 7) is 5.05. The number of nitrogens with one attached hydrogen (secondary N) is 1. The Hall–Kier alpha value is -2.86. The van der Waals surface area contributed by atoms with Gasteiger partial charge < -0.3 is 19.6 Å². The molecule has 6 nitrogen and oxygen atoms in total. The van der Waals surface area contributed by atoms with Crippen LogP contribution in [0.1, 0.15) is 55.2 Å². The topological polar surface area (TPSA) is 88.8 Å². The number of carbonyl (C=O) groups is 1. The third-order valence-electron chi connectivity index (χ3n) is 4.75. The van der Waals surface area contributed by atoms with Gasteiger partial charge in [0.05, 0.1) is 19.3 Å². The van der Waals surface area contributed by atoms with Gasteiger partial charge in [-0.05, 0) is 32.3 Å². The molecule has 1 amide bonds. The highest BCUT2D eigenvalue weighted by molar-refractivity contribution is 5.77. The second-order valence-corrected chi connectivity index (χ2v) is 6.95. The molecule has 29 heavy (non-hydrogen) atoms. The highest BCUT2D eigenvalue weighted by Crippen LogP contribution is 2.24. The quantitative estimate of drug-likeness (QED) is 0.673. The molecule has 0 fully saturated rings. The molecule has 0 saturated carbocycles. The number of allylic oxidation sites excluding steroid dienone is 1. The lowest BCUT2D eigenvalue weighted by molar-refractivity contribution is -0.122. The van der Waals surface area contributed by atoms with Crippen molar-refractivity contribution >= 4 is 12.0 Å². The van der Waals surface area contributed by atoms with Crippen LogP contribution in [0.2, 0.25) is 0 Å². The van der Waals surface area contributed by atoms with Crippen molar-refractivity contribution in [2.24, 2.45) is 0 Å². The van der Waals surface area contributed by atoms with E-state index < -0.39 is 6.04 Å². The Morgan fingerprint density at radius 2 is 1.97 bits per heavy atom. The maximum Gasteiger partial charge on any atom is 0.291 e. The van der Waals surface area contributed by atoms with Crippen molar-refractivity contribution < 1.29 is 19.1 Å². The molecule has 0 aliphatic carbocycles. The van der Waals surface area contributed by atoms with E-state index in [1.807, 2.05) is 50.3 Å². The SMILES string of the molecule is CCc1c(C(CO)NC(=O)CC/C(C)=C/c2ccccc2)oc(OC)c(C)c1=O. The van der Waals surface area contributed by atoms with Crippen LogP contribution in [0.3, 0.4) is 0 Å². The maximum atomic E-state index is 12.6. The van der Waals surface area contributed by atoms with E-state index in [1.54, 1.807) is 6.92 Å². The minimum Gasteiger partial charge on any atom is -0.468 e. The first kappa shape index (κ1) is 22.4. The third kappa shape index (κ3) is 5.81. The molecule has 1 aromatic heterocycles. The number of amides is 1. The van der Waals surface area contributed by atoms with Crippen molar-refractivity contribution in [1.82, 2.24) is 5.32 Å². The van der Waals surface area contributed by atoms with Crippen molar-refractivity contribution in [3.05, 3.63) is 68.6 Å². The number of benzene rings is 1. The minimum absolute atomic E-state index is 0.0940. The van der Waals surface area contributed by atoms with Gasteiger partial charge in [-0.15, -0.1) is 0 Å². The molecule has 0 aliphatic heterocycles. The number of aliphatic hydroxyl groups excluding tert-OH is 1. The Bertz CT molecular complexity index is 915. The first-order valence-electron chi connectivity index (χ1n) is 9.74. The van der Waals surface area contributed by atoms with Crippen molar-refractivity contribution in [2.75, 3.05) is 13.7 Å². The molecule has 1 unspecified atom stereocenters. The molecule has 0 saturated heterocycles. The largest absolute Gasteiger partial charge is 0.468 e. The standard InChI is InChI=1S/C23H29NO5/c1-5-18-21(27)16(3)23(28-4)29-22(18)19(14-25)24-20(26)12-11-15(2)13-17-9-7-6-8-10-17/h6-10,13,19,25H,5,11-12,14H2,1-4H3,(H,24,26)/b15-13+. The summed E-state index contributed by atoms with van der Waals surface area (Å²) in [7, 11) is 1.41. The van der Waals surface area contributed by atoms with Gasteiger partial charge in [0.2, 0.25) is 5.91 Å². The van der Waals surface area contributed by atoms with Gasteiger partial charge in [0.25, 0.3) is 5.95 Å². The summed E-state index contributed by atoms with van der Waals surface area (Å²) in [4.78, 5) is 25.0. The van der Waals surface area contributed by atoms with Crippen LogP contribution in [0.5, 0.6) is 5.95 Å². The molecule has 156 valence electrons. The van der Waals surface area contributed by atoms with E-state index in [0.717, 1.165) is 11.1 Å². The number of hydrogen-bond donors (Lipinski definition) is 2. The Balaban J connectivity index is 2.11. The number of rotatable bonds is 9. The fourth-order valence-electron chi connectivity index (χ4n) is 3.16. The lowest BCUT2D eigenvalue weighted by Gasteiger charge is -2.19. The molecule has 2 aromatic rings. The second kappa shape index (κ2) is 10.6. The van der Waals surface area contributed by atoms with Gasteiger partial charge in [0.1, 0.15) is 11.8 Å². The average molecular weight is 399 g/mol. The highest BCUT2D eigenvalue weighted by atomic mass is 16.6. The van der Waals surface area contributed by atoms with E-state index in [0.29, 0.717) is 24.0 Å². The van der Waals surface area contributed by atoms with Gasteiger partial charge in [-0.1, -0.05) is 48.9 Å². The summed E-state index contributed by atoms with van der Waals surface area (Å²) in [5.74, 6) is 0.109. The maximum absolute atomic E-state index is 12.6. The zero-order valence-corrected chi connectivity index (χ0v) is 17.5. The summed E-state index contributed by atoms with van der Waals surface area (Å²) >= 11 is 0. The summed E-state index contributed by atoms with van der Waals surface area (Å²) in [5.41, 5.74) is 2.77. The number of methoxy groups -OCH3 is 1. The highest BCUT2D eigenvalue weighted by Gasteiger charge is 2.24. The molecule has 0 radical (unpaired) electrons. The van der Waals surface area contributed by atoms with Crippen LogP contribution in [0.15, 0.2) is 45.1 Å². The molecule has 1 heterocycles. The van der Waals surface area contributed by atoms with Gasteiger partial charge >= 0.3 is 0 Å². The Morgan fingerprint density at radius 1 is 1.28 bits per heavy atom. The predicted molar refractivity (Wildman–Crippen MR) is 113 cm³/mol. The van der Waals surface area contributed by atoms with Gasteiger partial charge in [-0.25, -0.2) is 0 Å². The first-order chi connectivity index (χ1) is 13.9. The van der Waals surface area contributed by atoms with Crippen LogP contribution >= 0.6 is 0 Å². The van der Waals surface area contributed by atoms with E-state index in [-0.39, 0.29) is 36.1 Å². The van der Waals surface area contributed by atoms with Crippen molar-refractivity contribution in [1.29, 1.82) is 0 Å². The third-order valence-corrected chi connectivity index (χ3v) is 4.75. The molecule has 1 aromatic carbocycles. The normalized spacial score (nSPS) is 12.5. The van der Waals surface area contributed by atoms with E-state index >= 15 is 0 Å². The van der Waals surface area contributed by atoms with Crippen molar-refractivity contribution in [3.8, 4) is 5.95 Å². The fourth-order valence-corrected chi connectivity index (χ4v) is 3.16. The Morgan fingerprint density at radius 3 is 2.55 bits per heavy atom. The lowest BCUT2D eigenvalue weighted by Crippen LogP contribution is -2.33. The predicted octanol–water partition coefficient (Wildman–Crippen LogP) is 3.55. The molecular weight excluding hydrogens is 370 g/mol. The zero-order valence-electron chi connectivity index (χ0n) is 17.5. The van der Waals surface area contributed by atoms with Gasteiger partial charge in [-0.2, -0.15) is 0 Å². The molecule has 0 bridgehead atoms. The monoisotopic (exact) mass is 399 g/mol. The number of ether oxygens (including phenoxy) is 1. The Kier molecular flexibility index (Phi) is 8.21. The van der Waals surface area contributed by atoms with Gasteiger partial charge in [0, 0.05) is 12.0 Å². The fraction of sp³-hybridized carbons (Fsp3) is 0.391. The minimum atomic E-state index is -0.807. The summed E-state index contributed by atoms with van der Waals surface area (Å²) in [5, 5.41) is 12.6. The van der Waals surface area contributed by atoms with E-state index in [2.05, 4.69) is 5.32 Å². The smallest absolute Gasteiger partial charge is 0.291 e. The summed E-state index contributed by atoms with van der Waals surface area (Å²) in [6, 6.07) is 9.09. The molecule has 0 aliphatic rings. The molecule has 2 N–H and O–H groups in total. The van der Waals surface area contributed by atoms with E-state index in [9.17, 15) is 14.7 Å². The van der Waals surface area contributed by atoms with Crippen LogP contribution < -0.4 is 15.5 Å². The average Bonchev–Trinajstić information content (AvgIpc) is 2.73. The molecule has 0 spiro atoms. The van der Waals surface area contributed by atoms with E-state index in [1.165, 1.54) is 7.11 Å². The van der Waals surface area contributed by atoms with Crippen molar-refractivity contribution in [3.63, 3.8) is 0 Å². The molecule has 2 rings (SSSR count). The lowest BCUT2D eigenvalue weighted by atomic mass is 10.0. The van der Waals surface area contributed by atoms with E-state index in [4.69, 9.17) is 9.15 Å². The van der Waals surface area contributed by atoms with Crippen LogP contribution in [0, 0.1) is 6.92 Å². The molecule has 6 heteroatoms. The second-order valence-electron chi connectivity index (χ2n) is 6.95. The zero-order chi connectivity index (χ0) is 21.4. The van der Waals surface area contributed by atoms with Gasteiger partial charge in [0.15, 0.2) is 5.43 Å². The van der Waals surface area contributed by atoms with Crippen LogP contribution in [-0.2, 0) is 11.2 Å². The first-order valence-corrected chi connectivity index (χ1v) is 9.74.